The molecule has 0 aliphatic heterocycles. The van der Waals surface area contributed by atoms with Gasteiger partial charge in [0.1, 0.15) is 10.8 Å². The summed E-state index contributed by atoms with van der Waals surface area (Å²) in [7, 11) is 1.74. The normalized spacial score (nSPS) is 12.9. The number of alkyl halides is 3. The van der Waals surface area contributed by atoms with Gasteiger partial charge in [-0.25, -0.2) is 4.99 Å². The molecule has 6 heteroatoms. The maximum atomic E-state index is 12.1. The lowest BCUT2D eigenvalue weighted by Gasteiger charge is -2.02. The molecule has 0 amide bonds. The van der Waals surface area contributed by atoms with Gasteiger partial charge < -0.3 is 5.32 Å². The Morgan fingerprint density at radius 1 is 1.44 bits per heavy atom. The minimum atomic E-state index is -4.15. The average molecular weight is 250 g/mol. The maximum Gasteiger partial charge on any atom is 0.393 e. The molecule has 2 nitrogen and oxygen atoms in total. The molecule has 0 saturated heterocycles. The van der Waals surface area contributed by atoms with Gasteiger partial charge in [0.2, 0.25) is 0 Å². The van der Waals surface area contributed by atoms with Crippen LogP contribution in [0.3, 0.4) is 0 Å². The second-order valence-corrected chi connectivity index (χ2v) is 4.34. The summed E-state index contributed by atoms with van der Waals surface area (Å²) in [6, 6.07) is 3.08. The first-order valence-corrected chi connectivity index (χ1v) is 5.67. The van der Waals surface area contributed by atoms with E-state index in [-0.39, 0.29) is 4.88 Å². The van der Waals surface area contributed by atoms with Gasteiger partial charge in [-0.2, -0.15) is 13.2 Å². The predicted molar refractivity (Wildman–Crippen MR) is 60.5 cm³/mol. The summed E-state index contributed by atoms with van der Waals surface area (Å²) in [5.74, 6) is 0.764. The molecule has 0 saturated carbocycles. The lowest BCUT2D eigenvalue weighted by atomic mass is 10.3. The first-order valence-electron chi connectivity index (χ1n) is 4.85. The zero-order chi connectivity index (χ0) is 12.2. The van der Waals surface area contributed by atoms with Crippen molar-refractivity contribution >= 4 is 22.2 Å². The third-order valence-electron chi connectivity index (χ3n) is 1.89. The summed E-state index contributed by atoms with van der Waals surface area (Å²) in [6.07, 6.45) is -4.31. The van der Waals surface area contributed by atoms with Crippen LogP contribution in [0.2, 0.25) is 0 Å². The van der Waals surface area contributed by atoms with Crippen LogP contribution >= 0.6 is 11.3 Å². The molecule has 90 valence electrons. The molecule has 0 fully saturated rings. The van der Waals surface area contributed by atoms with Gasteiger partial charge in [0.05, 0.1) is 6.42 Å². The summed E-state index contributed by atoms with van der Waals surface area (Å²) in [5.41, 5.74) is 0. The van der Waals surface area contributed by atoms with Crippen molar-refractivity contribution < 1.29 is 13.2 Å². The molecule has 0 bridgehead atoms. The van der Waals surface area contributed by atoms with Crippen LogP contribution in [0.5, 0.6) is 0 Å². The van der Waals surface area contributed by atoms with E-state index in [0.717, 1.165) is 23.6 Å². The fraction of sp³-hybridized carbons (Fsp3) is 0.500. The minimum Gasteiger partial charge on any atom is -0.377 e. The highest BCUT2D eigenvalue weighted by molar-refractivity contribution is 7.15. The molecular weight excluding hydrogens is 237 g/mol. The van der Waals surface area contributed by atoms with Crippen LogP contribution < -0.4 is 5.32 Å². The van der Waals surface area contributed by atoms with E-state index >= 15 is 0 Å². The number of nitrogens with zero attached hydrogens (tertiary/aromatic N) is 1. The molecule has 0 aliphatic rings. The molecule has 1 aromatic heterocycles. The Balaban J connectivity index is 2.75. The van der Waals surface area contributed by atoms with Crippen LogP contribution in [0.4, 0.5) is 18.2 Å². The first-order chi connectivity index (χ1) is 7.44. The van der Waals surface area contributed by atoms with Gasteiger partial charge in [-0.1, -0.05) is 6.92 Å². The van der Waals surface area contributed by atoms with Gasteiger partial charge >= 0.3 is 6.18 Å². The molecule has 1 heterocycles. The van der Waals surface area contributed by atoms with Gasteiger partial charge in [-0.15, -0.1) is 11.3 Å². The smallest absolute Gasteiger partial charge is 0.377 e. The average Bonchev–Trinajstić information content (AvgIpc) is 2.59. The largest absolute Gasteiger partial charge is 0.393 e. The van der Waals surface area contributed by atoms with E-state index in [1.54, 1.807) is 13.1 Å². The second kappa shape index (κ2) is 5.34. The topological polar surface area (TPSA) is 24.4 Å². The number of nitrogens with one attached hydrogen (secondary N) is 1. The van der Waals surface area contributed by atoms with Gasteiger partial charge in [0.25, 0.3) is 0 Å². The Bertz CT molecular complexity index is 362. The summed E-state index contributed by atoms with van der Waals surface area (Å²) in [5, 5.41) is 3.49. The zero-order valence-corrected chi connectivity index (χ0v) is 9.87. The van der Waals surface area contributed by atoms with Crippen molar-refractivity contribution in [2.45, 2.75) is 25.9 Å². The number of hydrogen-bond acceptors (Lipinski definition) is 2. The van der Waals surface area contributed by atoms with Crippen molar-refractivity contribution in [3.8, 4) is 0 Å². The summed E-state index contributed by atoms with van der Waals surface area (Å²) < 4.78 is 36.3. The van der Waals surface area contributed by atoms with E-state index in [1.165, 1.54) is 6.07 Å². The van der Waals surface area contributed by atoms with Crippen molar-refractivity contribution in [3.05, 3.63) is 17.0 Å². The number of amidine groups is 1. The van der Waals surface area contributed by atoms with Crippen LogP contribution in [-0.4, -0.2) is 19.1 Å². The number of hydrogen-bond donors (Lipinski definition) is 1. The highest BCUT2D eigenvalue weighted by Crippen LogP contribution is 2.30. The number of aliphatic imine (C=N–C) groups is 1. The van der Waals surface area contributed by atoms with Gasteiger partial charge in [-0.3, -0.25) is 0 Å². The fourth-order valence-electron chi connectivity index (χ4n) is 1.16. The molecule has 0 atom stereocenters. The number of rotatable bonds is 3. The molecule has 0 aromatic carbocycles. The quantitative estimate of drug-likeness (QED) is 0.644. The summed E-state index contributed by atoms with van der Waals surface area (Å²) in [4.78, 5) is 4.49. The van der Waals surface area contributed by atoms with Crippen molar-refractivity contribution in [2.75, 3.05) is 7.05 Å². The van der Waals surface area contributed by atoms with Crippen molar-refractivity contribution in [1.82, 2.24) is 5.32 Å². The van der Waals surface area contributed by atoms with Crippen molar-refractivity contribution in [3.63, 3.8) is 0 Å². The standard InChI is InChI=1S/C10H13F3N2S/c1-3-8(14-2)15-9-5-4-7(16-9)6-10(11,12)13/h4-5H,3,6H2,1-2H3,(H,14,15). The van der Waals surface area contributed by atoms with E-state index < -0.39 is 12.6 Å². The van der Waals surface area contributed by atoms with Crippen LogP contribution in [0.1, 0.15) is 18.2 Å². The Morgan fingerprint density at radius 3 is 2.62 bits per heavy atom. The Hall–Kier alpha value is -1.04. The number of halogens is 3. The Labute approximate surface area is 96.2 Å². The molecule has 16 heavy (non-hydrogen) atoms. The molecule has 1 aromatic rings. The SMILES string of the molecule is CC/C(=N\c1ccc(CC(F)(F)F)s1)NC. The lowest BCUT2D eigenvalue weighted by molar-refractivity contribution is -0.126. The summed E-state index contributed by atoms with van der Waals surface area (Å²) in [6.45, 7) is 1.93. The van der Waals surface area contributed by atoms with Gasteiger partial charge in [-0.05, 0) is 12.1 Å². The van der Waals surface area contributed by atoms with Gasteiger partial charge in [0, 0.05) is 18.3 Å². The Kier molecular flexibility index (Phi) is 4.35. The monoisotopic (exact) mass is 250 g/mol. The highest BCUT2D eigenvalue weighted by atomic mass is 32.1. The molecule has 0 unspecified atom stereocenters. The zero-order valence-electron chi connectivity index (χ0n) is 9.06. The van der Waals surface area contributed by atoms with E-state index in [2.05, 4.69) is 10.3 Å². The van der Waals surface area contributed by atoms with E-state index in [4.69, 9.17) is 0 Å². The van der Waals surface area contributed by atoms with Crippen LogP contribution in [0.25, 0.3) is 0 Å². The fourth-order valence-corrected chi connectivity index (χ4v) is 2.10. The van der Waals surface area contributed by atoms with E-state index in [0.29, 0.717) is 5.00 Å². The number of thiophene rings is 1. The van der Waals surface area contributed by atoms with Crippen molar-refractivity contribution in [2.24, 2.45) is 4.99 Å². The maximum absolute atomic E-state index is 12.1. The van der Waals surface area contributed by atoms with Crippen LogP contribution in [0, 0.1) is 0 Å². The van der Waals surface area contributed by atoms with Crippen LogP contribution in [-0.2, 0) is 6.42 Å². The molecular formula is C10H13F3N2S. The second-order valence-electron chi connectivity index (χ2n) is 3.19. The summed E-state index contributed by atoms with van der Waals surface area (Å²) >= 11 is 1.07. The van der Waals surface area contributed by atoms with E-state index in [1.807, 2.05) is 6.92 Å². The van der Waals surface area contributed by atoms with Crippen molar-refractivity contribution in [1.29, 1.82) is 0 Å². The highest BCUT2D eigenvalue weighted by Gasteiger charge is 2.28. The molecule has 1 rings (SSSR count). The van der Waals surface area contributed by atoms with E-state index in [9.17, 15) is 13.2 Å². The Morgan fingerprint density at radius 2 is 2.12 bits per heavy atom. The first kappa shape index (κ1) is 13.0. The van der Waals surface area contributed by atoms with Gasteiger partial charge in [0.15, 0.2) is 0 Å². The molecule has 1 N–H and O–H groups in total. The third-order valence-corrected chi connectivity index (χ3v) is 2.87. The van der Waals surface area contributed by atoms with Crippen LogP contribution in [0.15, 0.2) is 17.1 Å². The third kappa shape index (κ3) is 4.22. The predicted octanol–water partition coefficient (Wildman–Crippen LogP) is 3.51. The molecule has 0 radical (unpaired) electrons. The lowest BCUT2D eigenvalue weighted by Crippen LogP contribution is -2.16. The molecule has 0 spiro atoms. The molecule has 0 aliphatic carbocycles. The minimum absolute atomic E-state index is 0.290.